The summed E-state index contributed by atoms with van der Waals surface area (Å²) in [5.41, 5.74) is 0. The molecule has 1 fully saturated rings. The Kier molecular flexibility index (Phi) is 26.9. The summed E-state index contributed by atoms with van der Waals surface area (Å²) in [5.74, 6) is 0.274. The summed E-state index contributed by atoms with van der Waals surface area (Å²) in [6.07, 6.45) is 39.2. The van der Waals surface area contributed by atoms with Gasteiger partial charge in [-0.05, 0) is 31.1 Å². The summed E-state index contributed by atoms with van der Waals surface area (Å²) in [6, 6.07) is 0. The minimum atomic E-state index is -0.297. The van der Waals surface area contributed by atoms with Crippen LogP contribution in [0.2, 0.25) is 0 Å². The van der Waals surface area contributed by atoms with Gasteiger partial charge in [-0.1, -0.05) is 194 Å². The minimum absolute atomic E-state index is 0.0949. The third-order valence-corrected chi connectivity index (χ3v) is 10.1. The van der Waals surface area contributed by atoms with Crippen molar-refractivity contribution < 1.29 is 14.3 Å². The van der Waals surface area contributed by atoms with Gasteiger partial charge in [-0.3, -0.25) is 9.59 Å². The van der Waals surface area contributed by atoms with Crippen molar-refractivity contribution in [3.63, 3.8) is 0 Å². The van der Waals surface area contributed by atoms with Crippen molar-refractivity contribution in [2.45, 2.75) is 220 Å². The second kappa shape index (κ2) is 28.9. The molecule has 1 heterocycles. The zero-order chi connectivity index (χ0) is 30.5. The lowest BCUT2D eigenvalue weighted by molar-refractivity contribution is -0.165. The van der Waals surface area contributed by atoms with Crippen LogP contribution in [0.3, 0.4) is 0 Å². The summed E-state index contributed by atoms with van der Waals surface area (Å²) < 4.78 is 5.42. The van der Waals surface area contributed by atoms with Crippen molar-refractivity contribution in [1.82, 2.24) is 0 Å². The third kappa shape index (κ3) is 21.8. The lowest BCUT2D eigenvalue weighted by Gasteiger charge is -2.31. The number of hydrogen-bond donors (Lipinski definition) is 0. The molecule has 1 saturated heterocycles. The lowest BCUT2D eigenvalue weighted by Crippen LogP contribution is -2.32. The maximum absolute atomic E-state index is 13.2. The molecule has 0 aromatic heterocycles. The highest BCUT2D eigenvalue weighted by molar-refractivity contribution is 5.86. The molecule has 0 saturated carbocycles. The molecule has 3 nitrogen and oxygen atoms in total. The average molecular weight is 591 g/mol. The molecule has 0 aliphatic carbocycles. The van der Waals surface area contributed by atoms with Crippen LogP contribution in [0.4, 0.5) is 0 Å². The van der Waals surface area contributed by atoms with Crippen LogP contribution in [0.15, 0.2) is 0 Å². The molecule has 3 unspecified atom stereocenters. The second-order valence-electron chi connectivity index (χ2n) is 14.0. The summed E-state index contributed by atoms with van der Waals surface area (Å²) in [6.45, 7) is 6.96. The highest BCUT2D eigenvalue weighted by Gasteiger charge is 2.34. The minimum Gasteiger partial charge on any atom is -0.393 e. The van der Waals surface area contributed by atoms with Crippen LogP contribution in [0, 0.1) is 17.8 Å². The molecular formula is C39H74O3. The number of cyclic esters (lactones) is 2. The summed E-state index contributed by atoms with van der Waals surface area (Å²) in [7, 11) is 0. The van der Waals surface area contributed by atoms with Gasteiger partial charge in [0, 0.05) is 6.42 Å². The van der Waals surface area contributed by atoms with Gasteiger partial charge in [0.05, 0.1) is 5.92 Å². The van der Waals surface area contributed by atoms with E-state index in [2.05, 4.69) is 20.8 Å². The molecular weight excluding hydrogens is 516 g/mol. The van der Waals surface area contributed by atoms with Crippen molar-refractivity contribution in [1.29, 1.82) is 0 Å². The van der Waals surface area contributed by atoms with E-state index in [1.165, 1.54) is 154 Å². The maximum Gasteiger partial charge on any atom is 0.316 e. The first-order chi connectivity index (χ1) is 20.6. The Hall–Kier alpha value is -0.860. The molecule has 0 spiro atoms. The molecule has 248 valence electrons. The number of carbonyl (C=O) groups excluding carboxylic acids is 2. The van der Waals surface area contributed by atoms with Gasteiger partial charge in [-0.15, -0.1) is 0 Å². The van der Waals surface area contributed by atoms with Gasteiger partial charge in [0.1, 0.15) is 0 Å². The zero-order valence-electron chi connectivity index (χ0n) is 28.9. The molecule has 3 heteroatoms. The molecule has 0 aromatic rings. The molecule has 1 rings (SSSR count). The van der Waals surface area contributed by atoms with Gasteiger partial charge in [0.25, 0.3) is 0 Å². The first kappa shape index (κ1) is 39.2. The molecule has 42 heavy (non-hydrogen) atoms. The fraction of sp³-hybridized carbons (Fsp3) is 0.949. The van der Waals surface area contributed by atoms with Gasteiger partial charge in [0.2, 0.25) is 0 Å². The Morgan fingerprint density at radius 3 is 1.43 bits per heavy atom. The Balaban J connectivity index is 2.43. The Morgan fingerprint density at radius 1 is 0.548 bits per heavy atom. The largest absolute Gasteiger partial charge is 0.393 e. The second-order valence-corrected chi connectivity index (χ2v) is 14.0. The van der Waals surface area contributed by atoms with E-state index in [0.717, 1.165) is 38.5 Å². The first-order valence-electron chi connectivity index (χ1n) is 19.3. The predicted octanol–water partition coefficient (Wildman–Crippen LogP) is 13.1. The monoisotopic (exact) mass is 591 g/mol. The highest BCUT2D eigenvalue weighted by atomic mass is 16.6. The van der Waals surface area contributed by atoms with Gasteiger partial charge in [0.15, 0.2) is 0 Å². The van der Waals surface area contributed by atoms with Crippen molar-refractivity contribution in [2.24, 2.45) is 17.8 Å². The molecule has 1 aliphatic heterocycles. The number of hydrogen-bond acceptors (Lipinski definition) is 3. The Labute approximate surface area is 263 Å². The molecule has 1 aliphatic rings. The van der Waals surface area contributed by atoms with Crippen LogP contribution < -0.4 is 0 Å². The highest BCUT2D eigenvalue weighted by Crippen LogP contribution is 2.35. The van der Waals surface area contributed by atoms with Gasteiger partial charge in [-0.2, -0.15) is 0 Å². The van der Waals surface area contributed by atoms with Crippen molar-refractivity contribution >= 4 is 11.9 Å². The molecule has 0 N–H and O–H groups in total. The van der Waals surface area contributed by atoms with Crippen LogP contribution in [-0.2, 0) is 14.3 Å². The lowest BCUT2D eigenvalue weighted by atomic mass is 9.74. The smallest absolute Gasteiger partial charge is 0.316 e. The van der Waals surface area contributed by atoms with Crippen LogP contribution in [0.5, 0.6) is 0 Å². The van der Waals surface area contributed by atoms with E-state index in [1.54, 1.807) is 0 Å². The number of esters is 2. The van der Waals surface area contributed by atoms with Crippen LogP contribution >= 0.6 is 0 Å². The number of unbranched alkanes of at least 4 members (excludes halogenated alkanes) is 21. The van der Waals surface area contributed by atoms with Crippen molar-refractivity contribution in [2.75, 3.05) is 0 Å². The molecule has 3 atom stereocenters. The zero-order valence-corrected chi connectivity index (χ0v) is 28.9. The maximum atomic E-state index is 13.2. The number of carbonyl (C=O) groups is 2. The number of rotatable bonds is 27. The van der Waals surface area contributed by atoms with Crippen LogP contribution in [0.25, 0.3) is 0 Å². The van der Waals surface area contributed by atoms with Gasteiger partial charge in [-0.25, -0.2) is 0 Å². The topological polar surface area (TPSA) is 43.4 Å². The van der Waals surface area contributed by atoms with E-state index in [-0.39, 0.29) is 17.9 Å². The summed E-state index contributed by atoms with van der Waals surface area (Å²) in [5, 5.41) is 0. The van der Waals surface area contributed by atoms with E-state index < -0.39 is 0 Å². The fourth-order valence-corrected chi connectivity index (χ4v) is 7.18. The normalized spacial score (nSPS) is 18.1. The molecule has 0 amide bonds. The fourth-order valence-electron chi connectivity index (χ4n) is 7.18. The van der Waals surface area contributed by atoms with E-state index >= 15 is 0 Å². The van der Waals surface area contributed by atoms with Crippen molar-refractivity contribution in [3.8, 4) is 0 Å². The predicted molar refractivity (Wildman–Crippen MR) is 182 cm³/mol. The Morgan fingerprint density at radius 2 is 0.952 bits per heavy atom. The summed E-state index contributed by atoms with van der Waals surface area (Å²) >= 11 is 0. The van der Waals surface area contributed by atoms with E-state index in [0.29, 0.717) is 18.3 Å². The molecule has 0 radical (unpaired) electrons. The van der Waals surface area contributed by atoms with E-state index in [4.69, 9.17) is 4.74 Å². The molecule has 0 bridgehead atoms. The van der Waals surface area contributed by atoms with E-state index in [1.807, 2.05) is 0 Å². The molecule has 0 aromatic carbocycles. The third-order valence-electron chi connectivity index (χ3n) is 10.1. The standard InChI is InChI=1S/C39H74O3/c1-4-6-8-10-12-14-16-17-18-20-22-24-28-32-36(37-33-29-25-26-30-34-38(40)42-39(37)41)35(3)31-27-23-21-19-15-13-11-9-7-5-2/h35-37H,4-34H2,1-3H3. The van der Waals surface area contributed by atoms with Crippen LogP contribution in [0.1, 0.15) is 220 Å². The summed E-state index contributed by atoms with van der Waals surface area (Å²) in [4.78, 5) is 25.5. The Bertz CT molecular complexity index is 615. The van der Waals surface area contributed by atoms with Crippen molar-refractivity contribution in [3.05, 3.63) is 0 Å². The quantitative estimate of drug-likeness (QED) is 0.0543. The van der Waals surface area contributed by atoms with Crippen LogP contribution in [-0.4, -0.2) is 11.9 Å². The number of ether oxygens (including phenoxy) is 1. The van der Waals surface area contributed by atoms with E-state index in [9.17, 15) is 9.59 Å². The van der Waals surface area contributed by atoms with Gasteiger partial charge >= 0.3 is 11.9 Å². The first-order valence-corrected chi connectivity index (χ1v) is 19.3. The average Bonchev–Trinajstić information content (AvgIpc) is 2.98. The van der Waals surface area contributed by atoms with Gasteiger partial charge < -0.3 is 4.74 Å². The SMILES string of the molecule is CCCCCCCCCCCCCCCC(C(C)CCCCCCCCCCCC)C1CCCCCCC(=O)OC1=O.